The molecule has 2 N–H and O–H groups in total. The summed E-state index contributed by atoms with van der Waals surface area (Å²) >= 11 is 0. The average molecular weight is 568 g/mol. The number of ether oxygens (including phenoxy) is 3. The second-order valence-corrected chi connectivity index (χ2v) is 13.2. The van der Waals surface area contributed by atoms with Gasteiger partial charge < -0.3 is 24.6 Å². The topological polar surface area (TPSA) is 153 Å². The first-order valence-corrected chi connectivity index (χ1v) is 13.4. The minimum absolute atomic E-state index is 0.139. The van der Waals surface area contributed by atoms with Gasteiger partial charge in [0.15, 0.2) is 5.75 Å². The molecule has 0 bridgehead atoms. The van der Waals surface area contributed by atoms with Crippen molar-refractivity contribution in [3.8, 4) is 5.75 Å². The number of carbonyl (C=O) groups excluding carboxylic acids is 3. The highest BCUT2D eigenvalue weighted by Gasteiger charge is 2.56. The number of hydrogen-bond donors (Lipinski definition) is 2. The summed E-state index contributed by atoms with van der Waals surface area (Å²) in [6.45, 7) is 9.62. The molecule has 1 aromatic heterocycles. The van der Waals surface area contributed by atoms with Crippen LogP contribution in [0, 0.1) is 0 Å². The lowest BCUT2D eigenvalue weighted by Gasteiger charge is -2.31. The van der Waals surface area contributed by atoms with Crippen molar-refractivity contribution in [2.45, 2.75) is 83.4 Å². The third-order valence-electron chi connectivity index (χ3n) is 4.97. The molecule has 0 saturated carbocycles. The smallest absolute Gasteiger partial charge is 0.444 e. The van der Waals surface area contributed by atoms with Crippen molar-refractivity contribution in [1.82, 2.24) is 10.3 Å². The lowest BCUT2D eigenvalue weighted by molar-refractivity contribution is -0.268. The molecule has 2 unspecified atom stereocenters. The second-order valence-electron chi connectivity index (χ2n) is 10.7. The van der Waals surface area contributed by atoms with Crippen LogP contribution in [0.3, 0.4) is 0 Å². The quantitative estimate of drug-likeness (QED) is 0.488. The van der Waals surface area contributed by atoms with Gasteiger partial charge in [-0.2, -0.15) is 17.5 Å². The molecule has 2 heterocycles. The molecule has 0 saturated heterocycles. The second kappa shape index (κ2) is 11.0. The third kappa shape index (κ3) is 8.82. The molecule has 214 valence electrons. The van der Waals surface area contributed by atoms with Gasteiger partial charge in [0.05, 0.1) is 21.6 Å². The molecule has 1 aliphatic rings. The summed E-state index contributed by atoms with van der Waals surface area (Å²) in [7, 11) is -3.48. The van der Waals surface area contributed by atoms with Gasteiger partial charge in [0, 0.05) is 17.9 Å². The van der Waals surface area contributed by atoms with Crippen LogP contribution in [0.1, 0.15) is 60.1 Å². The molecule has 1 aromatic rings. The summed E-state index contributed by atoms with van der Waals surface area (Å²) in [4.78, 5) is 39.6. The Balaban J connectivity index is 2.16. The van der Waals surface area contributed by atoms with E-state index in [1.807, 2.05) is 0 Å². The maximum absolute atomic E-state index is 13.9. The molecule has 11 nitrogen and oxygen atoms in total. The maximum atomic E-state index is 13.9. The Bertz CT molecular complexity index is 1170. The number of halogens is 3. The van der Waals surface area contributed by atoms with Crippen LogP contribution in [-0.2, 0) is 29.6 Å². The van der Waals surface area contributed by atoms with E-state index in [-0.39, 0.29) is 17.9 Å². The van der Waals surface area contributed by atoms with Crippen LogP contribution in [0.5, 0.6) is 5.75 Å². The lowest BCUT2D eigenvalue weighted by atomic mass is 9.95. The Morgan fingerprint density at radius 3 is 2.18 bits per heavy atom. The number of amides is 2. The fraction of sp³-hybridized carbons (Fsp3) is 0.652. The van der Waals surface area contributed by atoms with Gasteiger partial charge in [0.25, 0.3) is 5.91 Å². The van der Waals surface area contributed by atoms with Crippen LogP contribution >= 0.6 is 0 Å². The van der Waals surface area contributed by atoms with Crippen molar-refractivity contribution in [3.05, 3.63) is 24.0 Å². The molecule has 15 heteroatoms. The van der Waals surface area contributed by atoms with Crippen molar-refractivity contribution in [1.29, 1.82) is 0 Å². The summed E-state index contributed by atoms with van der Waals surface area (Å²) < 4.78 is 73.3. The minimum atomic E-state index is -5.23. The molecule has 0 aliphatic carbocycles. The van der Waals surface area contributed by atoms with Crippen molar-refractivity contribution in [2.75, 3.05) is 11.5 Å². The van der Waals surface area contributed by atoms with Crippen LogP contribution in [-0.4, -0.2) is 67.4 Å². The minimum Gasteiger partial charge on any atom is -0.444 e. The summed E-state index contributed by atoms with van der Waals surface area (Å²) in [5.74, 6) is -2.26. The zero-order valence-corrected chi connectivity index (χ0v) is 22.7. The van der Waals surface area contributed by atoms with Gasteiger partial charge in [-0.05, 0) is 60.1 Å². The summed E-state index contributed by atoms with van der Waals surface area (Å²) in [5.41, 5.74) is -6.07. The highest BCUT2D eigenvalue weighted by molar-refractivity contribution is 7.93. The van der Waals surface area contributed by atoms with Gasteiger partial charge in [-0.3, -0.25) is 9.78 Å². The molecule has 2 amide bonds. The lowest BCUT2D eigenvalue weighted by Crippen LogP contribution is -2.47. The number of aliphatic hydroxyl groups is 1. The predicted molar refractivity (Wildman–Crippen MR) is 129 cm³/mol. The fourth-order valence-corrected chi connectivity index (χ4v) is 5.26. The van der Waals surface area contributed by atoms with Crippen LogP contribution in [0.15, 0.2) is 22.7 Å². The molecule has 1 aliphatic heterocycles. The van der Waals surface area contributed by atoms with E-state index in [9.17, 15) is 36.9 Å². The fourth-order valence-electron chi connectivity index (χ4n) is 3.20. The SMILES string of the molecule is CC(C)(C)OC(=O)N[C@H]1CCS(=O)(CCC(O)(c2ccc(OC(=O)OC(C)(C)C)cn2)C(F)(F)F)=NC1=O. The Kier molecular flexibility index (Phi) is 9.09. The number of nitrogens with zero attached hydrogens (tertiary/aromatic N) is 2. The summed E-state index contributed by atoms with van der Waals surface area (Å²) in [5, 5.41) is 12.9. The Labute approximate surface area is 218 Å². The molecular formula is C23H32F3N3O8S. The molecule has 2 rings (SSSR count). The largest absolute Gasteiger partial charge is 0.514 e. The van der Waals surface area contributed by atoms with Crippen LogP contribution in [0.2, 0.25) is 0 Å². The number of alkyl carbamates (subject to hydrolysis) is 1. The third-order valence-corrected chi connectivity index (χ3v) is 7.20. The van der Waals surface area contributed by atoms with E-state index < -0.39 is 74.8 Å². The zero-order valence-electron chi connectivity index (χ0n) is 21.9. The summed E-state index contributed by atoms with van der Waals surface area (Å²) in [6.07, 6.45) is -7.68. The number of nitrogens with one attached hydrogen (secondary N) is 1. The first-order chi connectivity index (χ1) is 17.1. The van der Waals surface area contributed by atoms with Gasteiger partial charge in [-0.25, -0.2) is 13.8 Å². The van der Waals surface area contributed by atoms with E-state index in [0.29, 0.717) is 0 Å². The maximum Gasteiger partial charge on any atom is 0.514 e. The zero-order chi connectivity index (χ0) is 29.2. The van der Waals surface area contributed by atoms with Crippen LogP contribution < -0.4 is 10.1 Å². The van der Waals surface area contributed by atoms with Gasteiger partial charge in [-0.1, -0.05) is 0 Å². The Hall–Kier alpha value is -2.94. The van der Waals surface area contributed by atoms with Gasteiger partial charge in [0.1, 0.15) is 17.2 Å². The Morgan fingerprint density at radius 2 is 1.71 bits per heavy atom. The van der Waals surface area contributed by atoms with Crippen molar-refractivity contribution in [3.63, 3.8) is 0 Å². The highest BCUT2D eigenvalue weighted by atomic mass is 32.2. The molecule has 0 aromatic carbocycles. The highest BCUT2D eigenvalue weighted by Crippen LogP contribution is 2.41. The molecule has 0 radical (unpaired) electrons. The number of rotatable bonds is 6. The van der Waals surface area contributed by atoms with E-state index >= 15 is 0 Å². The van der Waals surface area contributed by atoms with E-state index in [4.69, 9.17) is 14.2 Å². The standard InChI is InChI=1S/C23H32F3N3O8S/c1-20(2,3)36-18(31)28-15-9-11-38(34,29-17(15)30)12-10-22(33,23(24,25)26)16-8-7-14(13-27-16)35-19(32)37-21(4,5)6/h7-8,13,15,33H,9-12H2,1-6H3,(H,28,31)/t15-,22?,38?/m0/s1. The normalized spacial score (nSPS) is 22.1. The number of hydrogen-bond acceptors (Lipinski definition) is 9. The van der Waals surface area contributed by atoms with Crippen LogP contribution in [0.4, 0.5) is 22.8 Å². The van der Waals surface area contributed by atoms with E-state index in [1.54, 1.807) is 41.5 Å². The summed E-state index contributed by atoms with van der Waals surface area (Å²) in [6, 6.07) is 0.661. The Morgan fingerprint density at radius 1 is 1.11 bits per heavy atom. The average Bonchev–Trinajstić information content (AvgIpc) is 2.71. The number of aromatic nitrogens is 1. The van der Waals surface area contributed by atoms with E-state index in [0.717, 1.165) is 18.3 Å². The van der Waals surface area contributed by atoms with E-state index in [2.05, 4.69) is 14.7 Å². The first-order valence-electron chi connectivity index (χ1n) is 11.5. The van der Waals surface area contributed by atoms with Crippen LogP contribution in [0.25, 0.3) is 0 Å². The van der Waals surface area contributed by atoms with Gasteiger partial charge in [-0.15, -0.1) is 0 Å². The number of carbonyl (C=O) groups is 3. The molecule has 3 atom stereocenters. The molecular weight excluding hydrogens is 535 g/mol. The monoisotopic (exact) mass is 567 g/mol. The van der Waals surface area contributed by atoms with Crippen molar-refractivity contribution >= 4 is 27.9 Å². The predicted octanol–water partition coefficient (Wildman–Crippen LogP) is 3.83. The molecule has 0 spiro atoms. The number of alkyl halides is 3. The molecule has 38 heavy (non-hydrogen) atoms. The number of pyridine rings is 1. The van der Waals surface area contributed by atoms with Crippen molar-refractivity contribution in [2.24, 2.45) is 4.36 Å². The van der Waals surface area contributed by atoms with Crippen molar-refractivity contribution < 1.29 is 51.1 Å². The first kappa shape index (κ1) is 31.3. The van der Waals surface area contributed by atoms with E-state index in [1.165, 1.54) is 0 Å². The van der Waals surface area contributed by atoms with Gasteiger partial charge in [0.2, 0.25) is 5.60 Å². The molecule has 0 fully saturated rings. The van der Waals surface area contributed by atoms with Gasteiger partial charge >= 0.3 is 18.4 Å².